The van der Waals surface area contributed by atoms with Gasteiger partial charge in [-0.2, -0.15) is 4.99 Å². The minimum atomic E-state index is -4.76. The molecule has 0 bridgehead atoms. The van der Waals surface area contributed by atoms with Crippen LogP contribution in [-0.2, 0) is 9.59 Å². The third-order valence-corrected chi connectivity index (χ3v) is 8.61. The molecule has 1 aromatic heterocycles. The van der Waals surface area contributed by atoms with E-state index in [4.69, 9.17) is 0 Å². The van der Waals surface area contributed by atoms with Crippen molar-refractivity contribution in [1.82, 2.24) is 14.8 Å². The van der Waals surface area contributed by atoms with E-state index in [1.165, 1.54) is 47.0 Å². The minimum absolute atomic E-state index is 0.0856. The highest BCUT2D eigenvalue weighted by Gasteiger charge is 2.33. The zero-order chi connectivity index (χ0) is 33.9. The summed E-state index contributed by atoms with van der Waals surface area (Å²) >= 11 is 1.28. The van der Waals surface area contributed by atoms with Gasteiger partial charge in [0.05, 0.1) is 17.1 Å². The Kier molecular flexibility index (Phi) is 9.99. The number of aliphatic imine (C=N–C) groups is 1. The molecule has 244 valence electrons. The molecule has 0 aliphatic carbocycles. The van der Waals surface area contributed by atoms with Gasteiger partial charge in [0.2, 0.25) is 11.8 Å². The lowest BCUT2D eigenvalue weighted by Gasteiger charge is -2.22. The first-order valence-electron chi connectivity index (χ1n) is 15.0. The molecular weight excluding hydrogens is 627 g/mol. The summed E-state index contributed by atoms with van der Waals surface area (Å²) in [6.07, 6.45) is -1.07. The summed E-state index contributed by atoms with van der Waals surface area (Å²) in [5.74, 6) is 0.121. The molecule has 1 aliphatic heterocycles. The fourth-order valence-corrected chi connectivity index (χ4v) is 5.92. The van der Waals surface area contributed by atoms with E-state index in [0.717, 1.165) is 33.5 Å². The Hall–Kier alpha value is -4.71. The molecule has 8 nitrogen and oxygen atoms in total. The van der Waals surface area contributed by atoms with Crippen LogP contribution in [0.15, 0.2) is 83.6 Å². The maximum atomic E-state index is 13.1. The number of carbonyl (C=O) groups excluding carboxylic acids is 2. The molecule has 1 unspecified atom stereocenters. The highest BCUT2D eigenvalue weighted by Crippen LogP contribution is 2.34. The smallest absolute Gasteiger partial charge is 0.406 e. The molecule has 2 heterocycles. The molecule has 0 radical (unpaired) electrons. The van der Waals surface area contributed by atoms with Crippen LogP contribution in [0.25, 0.3) is 23.2 Å². The highest BCUT2D eigenvalue weighted by atomic mass is 32.2. The predicted molar refractivity (Wildman–Crippen MR) is 179 cm³/mol. The lowest BCUT2D eigenvalue weighted by atomic mass is 9.96. The van der Waals surface area contributed by atoms with E-state index in [1.54, 1.807) is 4.90 Å². The summed E-state index contributed by atoms with van der Waals surface area (Å²) < 4.78 is 42.7. The van der Waals surface area contributed by atoms with Crippen molar-refractivity contribution in [3.8, 4) is 22.8 Å². The van der Waals surface area contributed by atoms with E-state index in [1.807, 2.05) is 69.3 Å². The number of amides is 2. The van der Waals surface area contributed by atoms with Gasteiger partial charge < -0.3 is 4.74 Å². The summed E-state index contributed by atoms with van der Waals surface area (Å²) in [5, 5.41) is 4.86. The molecule has 12 heteroatoms. The summed E-state index contributed by atoms with van der Waals surface area (Å²) in [6, 6.07) is 19.0. The zero-order valence-electron chi connectivity index (χ0n) is 26.6. The van der Waals surface area contributed by atoms with Crippen LogP contribution in [0.3, 0.4) is 0 Å². The number of alkyl halides is 3. The number of carbonyl (C=O) groups is 2. The second kappa shape index (κ2) is 14.0. The fourth-order valence-electron chi connectivity index (χ4n) is 5.05. The van der Waals surface area contributed by atoms with Gasteiger partial charge in [0.15, 0.2) is 11.0 Å². The predicted octanol–water partition coefficient (Wildman–Crippen LogP) is 8.36. The number of ether oxygens (including phenoxy) is 1. The van der Waals surface area contributed by atoms with Crippen molar-refractivity contribution in [3.05, 3.63) is 95.3 Å². The number of amidine groups is 1. The molecular formula is C35H34F3N5O3S. The Morgan fingerprint density at radius 1 is 1.06 bits per heavy atom. The number of benzene rings is 3. The monoisotopic (exact) mass is 661 g/mol. The van der Waals surface area contributed by atoms with Crippen LogP contribution in [0.1, 0.15) is 56.7 Å². The van der Waals surface area contributed by atoms with Crippen LogP contribution >= 0.6 is 11.8 Å². The van der Waals surface area contributed by atoms with Crippen LogP contribution in [0, 0.1) is 12.8 Å². The number of anilines is 1. The first kappa shape index (κ1) is 33.6. The third-order valence-electron chi connectivity index (χ3n) is 7.68. The molecule has 47 heavy (non-hydrogen) atoms. The van der Waals surface area contributed by atoms with Gasteiger partial charge in [-0.3, -0.25) is 14.5 Å². The number of aryl methyl sites for hydroxylation is 1. The topological polar surface area (TPSA) is 89.7 Å². The SMILES string of the molecule is C/C(=C/c1ccc(-c2ncn(-c3ccc(OC(F)(F)F)cc3)n2)cc1)C(C)CC(=O)N=C1SCC(=O)N1c1cc(C)ccc1C(C)C. The highest BCUT2D eigenvalue weighted by molar-refractivity contribution is 8.15. The van der Waals surface area contributed by atoms with Gasteiger partial charge >= 0.3 is 6.36 Å². The number of allylic oxidation sites excluding steroid dienone is 1. The van der Waals surface area contributed by atoms with E-state index in [0.29, 0.717) is 16.7 Å². The molecule has 1 fully saturated rings. The van der Waals surface area contributed by atoms with E-state index in [-0.39, 0.29) is 41.6 Å². The molecule has 1 saturated heterocycles. The van der Waals surface area contributed by atoms with Gasteiger partial charge in [0, 0.05) is 12.0 Å². The van der Waals surface area contributed by atoms with Crippen molar-refractivity contribution < 1.29 is 27.5 Å². The molecule has 4 aromatic rings. The molecule has 5 rings (SSSR count). The van der Waals surface area contributed by atoms with Crippen molar-refractivity contribution >= 4 is 40.5 Å². The fraction of sp³-hybridized carbons (Fsp3) is 0.286. The minimum Gasteiger partial charge on any atom is -0.406 e. The van der Waals surface area contributed by atoms with Crippen molar-refractivity contribution in [3.63, 3.8) is 0 Å². The van der Waals surface area contributed by atoms with Gasteiger partial charge in [-0.25, -0.2) is 9.67 Å². The average Bonchev–Trinajstić information content (AvgIpc) is 3.64. The average molecular weight is 662 g/mol. The Morgan fingerprint density at radius 2 is 1.77 bits per heavy atom. The Bertz CT molecular complexity index is 1830. The molecule has 3 aromatic carbocycles. The first-order valence-corrected chi connectivity index (χ1v) is 16.0. The molecule has 0 N–H and O–H groups in total. The number of halogens is 3. The standard InChI is InChI=1S/C35H34F3N5O3S/c1-21(2)29-15-6-22(3)16-30(29)43-32(45)19-47-34(43)40-31(44)18-24(5)23(4)17-25-7-9-26(10-8-25)33-39-20-42(41-33)27-11-13-28(14-12-27)46-35(36,37)38/h6-17,20-21,24H,18-19H2,1-5H3/b23-17-,40-34?. The van der Waals surface area contributed by atoms with Crippen LogP contribution in [0.4, 0.5) is 18.9 Å². The number of hydrogen-bond acceptors (Lipinski definition) is 6. The van der Waals surface area contributed by atoms with Crippen molar-refractivity contribution in [2.45, 2.75) is 53.3 Å². The number of nitrogens with zero attached hydrogens (tertiary/aromatic N) is 5. The van der Waals surface area contributed by atoms with Gasteiger partial charge in [0.25, 0.3) is 0 Å². The second-order valence-electron chi connectivity index (χ2n) is 11.7. The number of thioether (sulfide) groups is 1. The maximum absolute atomic E-state index is 13.1. The molecule has 1 aliphatic rings. The van der Waals surface area contributed by atoms with Gasteiger partial charge in [-0.1, -0.05) is 80.6 Å². The van der Waals surface area contributed by atoms with Crippen molar-refractivity contribution in [1.29, 1.82) is 0 Å². The molecule has 0 spiro atoms. The first-order chi connectivity index (χ1) is 22.3. The van der Waals surface area contributed by atoms with Gasteiger partial charge in [-0.05, 0) is 72.7 Å². The van der Waals surface area contributed by atoms with Gasteiger partial charge in [-0.15, -0.1) is 18.3 Å². The van der Waals surface area contributed by atoms with E-state index in [9.17, 15) is 22.8 Å². The van der Waals surface area contributed by atoms with Crippen LogP contribution in [-0.4, -0.2) is 43.9 Å². The zero-order valence-corrected chi connectivity index (χ0v) is 27.4. The van der Waals surface area contributed by atoms with E-state index < -0.39 is 6.36 Å². The molecule has 2 amide bonds. The summed E-state index contributed by atoms with van der Waals surface area (Å²) in [4.78, 5) is 36.3. The largest absolute Gasteiger partial charge is 0.573 e. The number of aromatic nitrogens is 3. The van der Waals surface area contributed by atoms with E-state index in [2.05, 4.69) is 33.7 Å². The number of hydrogen-bond donors (Lipinski definition) is 0. The number of rotatable bonds is 9. The quantitative estimate of drug-likeness (QED) is 0.179. The normalized spacial score (nSPS) is 15.5. The summed E-state index contributed by atoms with van der Waals surface area (Å²) in [6.45, 7) is 10.1. The van der Waals surface area contributed by atoms with Crippen LogP contribution < -0.4 is 9.64 Å². The lowest BCUT2D eigenvalue weighted by molar-refractivity contribution is -0.274. The van der Waals surface area contributed by atoms with Crippen LogP contribution in [0.5, 0.6) is 5.75 Å². The van der Waals surface area contributed by atoms with Crippen molar-refractivity contribution in [2.75, 3.05) is 10.7 Å². The van der Waals surface area contributed by atoms with E-state index >= 15 is 0 Å². The van der Waals surface area contributed by atoms with Crippen LogP contribution in [0.2, 0.25) is 0 Å². The van der Waals surface area contributed by atoms with Gasteiger partial charge in [0.1, 0.15) is 12.1 Å². The third kappa shape index (κ3) is 8.37. The Morgan fingerprint density at radius 3 is 2.43 bits per heavy atom. The van der Waals surface area contributed by atoms with Crippen molar-refractivity contribution in [2.24, 2.45) is 10.9 Å². The Balaban J connectivity index is 1.23. The Labute approximate surface area is 275 Å². The molecule has 1 atom stereocenters. The lowest BCUT2D eigenvalue weighted by Crippen LogP contribution is -2.31. The summed E-state index contributed by atoms with van der Waals surface area (Å²) in [7, 11) is 0. The second-order valence-corrected chi connectivity index (χ2v) is 12.6. The molecule has 0 saturated carbocycles. The maximum Gasteiger partial charge on any atom is 0.573 e. The summed E-state index contributed by atoms with van der Waals surface area (Å²) in [5.41, 5.74) is 6.06.